The van der Waals surface area contributed by atoms with Crippen LogP contribution in [0.4, 0.5) is 0 Å². The second-order valence-electron chi connectivity index (χ2n) is 2.59. The molecular formula is C10H24N2O3Rb2S. The summed E-state index contributed by atoms with van der Waals surface area (Å²) in [4.78, 5) is 11.3. The van der Waals surface area contributed by atoms with Crippen molar-refractivity contribution in [2.24, 2.45) is 0 Å². The molecule has 5 nitrogen and oxygen atoms in total. The number of nitrogens with zero attached hydrogens (tertiary/aromatic N) is 2. The molecule has 0 saturated heterocycles. The van der Waals surface area contributed by atoms with Crippen LogP contribution < -0.4 is 116 Å². The summed E-state index contributed by atoms with van der Waals surface area (Å²) in [7, 11) is -2.02. The molecule has 0 aliphatic rings. The first kappa shape index (κ1) is 32.8. The van der Waals surface area contributed by atoms with E-state index < -0.39 is 10.9 Å². The zero-order valence-corrected chi connectivity index (χ0v) is 22.5. The molecule has 0 radical (unpaired) electrons. The van der Waals surface area contributed by atoms with Crippen molar-refractivity contribution in [2.75, 3.05) is 26.2 Å². The van der Waals surface area contributed by atoms with Crippen molar-refractivity contribution in [3.8, 4) is 0 Å². The number of carbonyl (C=O) groups excluding carboxylic acids is 1. The molecule has 0 spiro atoms. The first-order valence-corrected chi connectivity index (χ1v) is 6.07. The minimum absolute atomic E-state index is 0. The molecule has 0 fully saturated rings. The van der Waals surface area contributed by atoms with Crippen LogP contribution in [0.5, 0.6) is 0 Å². The Morgan fingerprint density at radius 2 is 1.22 bits per heavy atom. The molecule has 0 atom stereocenters. The van der Waals surface area contributed by atoms with Crippen LogP contribution in [0.15, 0.2) is 0 Å². The van der Waals surface area contributed by atoms with E-state index in [0.29, 0.717) is 13.1 Å². The van der Waals surface area contributed by atoms with Crippen molar-refractivity contribution >= 4 is 17.3 Å². The second-order valence-corrected chi connectivity index (χ2v) is 3.55. The van der Waals surface area contributed by atoms with Gasteiger partial charge in [-0.05, 0) is 37.1 Å². The minimum atomic E-state index is -2.02. The molecule has 0 bridgehead atoms. The van der Waals surface area contributed by atoms with E-state index in [1.165, 1.54) is 4.31 Å². The van der Waals surface area contributed by atoms with Crippen LogP contribution in [0.2, 0.25) is 0 Å². The van der Waals surface area contributed by atoms with Gasteiger partial charge in [0.1, 0.15) is 0 Å². The quantitative estimate of drug-likeness (QED) is 0.246. The molecular weight excluding hydrogens is 399 g/mol. The molecule has 1 amide bonds. The smallest absolute Gasteiger partial charge is 0.520 e. The average molecular weight is 423 g/mol. The summed E-state index contributed by atoms with van der Waals surface area (Å²) in [5.41, 5.74) is 0. The zero-order valence-electron chi connectivity index (χ0n) is 11.9. The molecule has 0 aliphatic carbocycles. The van der Waals surface area contributed by atoms with Crippen LogP contribution in [-0.4, -0.2) is 41.8 Å². The number of hydrogen-bond acceptors (Lipinski definition) is 4. The molecule has 0 aromatic heterocycles. The molecule has 0 unspecified atom stereocenters. The summed E-state index contributed by atoms with van der Waals surface area (Å²) in [6, 6.07) is 0. The molecule has 8 heteroatoms. The maximum absolute atomic E-state index is 10.1. The van der Waals surface area contributed by atoms with E-state index in [2.05, 4.69) is 0 Å². The zero-order chi connectivity index (χ0) is 12.3. The molecule has 0 saturated carbocycles. The summed E-state index contributed by atoms with van der Waals surface area (Å²) < 4.78 is 21.5. The van der Waals surface area contributed by atoms with Crippen molar-refractivity contribution < 1.29 is 130 Å². The summed E-state index contributed by atoms with van der Waals surface area (Å²) in [6.07, 6.45) is 1.78. The van der Waals surface area contributed by atoms with E-state index in [0.717, 1.165) is 13.1 Å². The molecule has 100 valence electrons. The van der Waals surface area contributed by atoms with Gasteiger partial charge in [0.25, 0.3) is 0 Å². The van der Waals surface area contributed by atoms with Crippen LogP contribution in [0.3, 0.4) is 0 Å². The van der Waals surface area contributed by atoms with E-state index in [9.17, 15) is 13.2 Å². The second kappa shape index (κ2) is 25.0. The van der Waals surface area contributed by atoms with Crippen molar-refractivity contribution in [2.45, 2.75) is 35.1 Å². The van der Waals surface area contributed by atoms with Gasteiger partial charge in [-0.15, -0.1) is 0 Å². The fourth-order valence-corrected chi connectivity index (χ4v) is 1.21. The molecule has 0 aliphatic heterocycles. The molecule has 0 aromatic carbocycles. The SMILES string of the molecule is C.CCN(CC)[S-](=O)=O.CCN([C-]=O)CC.[Rb+].[Rb+]. The van der Waals surface area contributed by atoms with Crippen LogP contribution in [0.1, 0.15) is 35.1 Å². The molecule has 18 heavy (non-hydrogen) atoms. The summed E-state index contributed by atoms with van der Waals surface area (Å²) in [5.74, 6) is 0. The molecule has 0 rings (SSSR count). The summed E-state index contributed by atoms with van der Waals surface area (Å²) in [5, 5.41) is 0. The minimum Gasteiger partial charge on any atom is -0.520 e. The number of amides is 1. The van der Waals surface area contributed by atoms with E-state index in [1.807, 2.05) is 13.8 Å². The van der Waals surface area contributed by atoms with Gasteiger partial charge in [0.05, 0.1) is 0 Å². The summed E-state index contributed by atoms with van der Waals surface area (Å²) in [6.45, 7) is 10.1. The van der Waals surface area contributed by atoms with Gasteiger partial charge in [0.2, 0.25) is 0 Å². The Kier molecular flexibility index (Phi) is 45.5. The van der Waals surface area contributed by atoms with Crippen molar-refractivity contribution in [3.05, 3.63) is 0 Å². The third kappa shape index (κ3) is 21.3. The standard InChI is InChI=1S/C5H10NO.C4H10NO2S.CH4.2Rb/c1-3-6(4-2)5-7;1-3-5(4-2)8(6)7;;;/h3-4H2,1-2H3;3-4H2,1-2H3;1H4;;/q2*-1;;2*+1. The van der Waals surface area contributed by atoms with Gasteiger partial charge in [-0.2, -0.15) is 6.41 Å². The van der Waals surface area contributed by atoms with Crippen LogP contribution in [-0.2, 0) is 24.1 Å². The first-order valence-electron chi connectivity index (χ1n) is 5.04. The predicted molar refractivity (Wildman–Crippen MR) is 67.0 cm³/mol. The third-order valence-electron chi connectivity index (χ3n) is 1.81. The number of rotatable bonds is 6. The van der Waals surface area contributed by atoms with E-state index in [1.54, 1.807) is 25.2 Å². The predicted octanol–water partition coefficient (Wildman–Crippen LogP) is -4.41. The Morgan fingerprint density at radius 3 is 1.22 bits per heavy atom. The molecule has 0 N–H and O–H groups in total. The van der Waals surface area contributed by atoms with Gasteiger partial charge in [0.15, 0.2) is 0 Å². The molecule has 0 heterocycles. The average Bonchev–Trinajstić information content (AvgIpc) is 2.22. The fourth-order valence-electron chi connectivity index (χ4n) is 0.787. The first-order chi connectivity index (χ1) is 7.06. The van der Waals surface area contributed by atoms with Gasteiger partial charge >= 0.3 is 116 Å². The van der Waals surface area contributed by atoms with Crippen molar-refractivity contribution in [1.29, 1.82) is 0 Å². The van der Waals surface area contributed by atoms with E-state index in [4.69, 9.17) is 0 Å². The maximum Gasteiger partial charge on any atom is 1.00 e. The van der Waals surface area contributed by atoms with Gasteiger partial charge in [0, 0.05) is 0 Å². The topological polar surface area (TPSA) is 57.7 Å². The third-order valence-corrected chi connectivity index (χ3v) is 2.75. The Labute approximate surface area is 212 Å². The Hall–Kier alpha value is 2.99. The van der Waals surface area contributed by atoms with E-state index in [-0.39, 0.29) is 124 Å². The van der Waals surface area contributed by atoms with Gasteiger partial charge in [-0.3, -0.25) is 0 Å². The Morgan fingerprint density at radius 1 is 0.889 bits per heavy atom. The van der Waals surface area contributed by atoms with Crippen molar-refractivity contribution in [3.63, 3.8) is 0 Å². The monoisotopic (exact) mass is 422 g/mol. The fraction of sp³-hybridized carbons (Fsp3) is 0.900. The van der Waals surface area contributed by atoms with Crippen LogP contribution >= 0.6 is 0 Å². The largest absolute Gasteiger partial charge is 1.00 e. The van der Waals surface area contributed by atoms with Gasteiger partial charge in [-0.1, -0.05) is 35.1 Å². The normalized spacial score (nSPS) is 8.11. The van der Waals surface area contributed by atoms with E-state index >= 15 is 0 Å². The Bertz CT molecular complexity index is 213. The van der Waals surface area contributed by atoms with Crippen LogP contribution in [0.25, 0.3) is 0 Å². The Balaban J connectivity index is -0.0000000540. The number of hydrogen-bond donors (Lipinski definition) is 0. The molecule has 0 aromatic rings. The van der Waals surface area contributed by atoms with Crippen molar-refractivity contribution in [1.82, 2.24) is 9.21 Å². The van der Waals surface area contributed by atoms with Crippen LogP contribution in [0, 0.1) is 0 Å². The summed E-state index contributed by atoms with van der Waals surface area (Å²) >= 11 is 0. The maximum atomic E-state index is 10.1. The van der Waals surface area contributed by atoms with Gasteiger partial charge < -0.3 is 22.4 Å². The van der Waals surface area contributed by atoms with Gasteiger partial charge in [-0.25, -0.2) is 0 Å².